The second kappa shape index (κ2) is 7.60. The first-order valence-corrected chi connectivity index (χ1v) is 11.7. The quantitative estimate of drug-likeness (QED) is 0.345. The maximum atomic E-state index is 9.86. The molecule has 0 spiro atoms. The molecule has 0 aliphatic carbocycles. The zero-order chi connectivity index (χ0) is 23.5. The molecule has 0 amide bonds. The molecule has 0 aliphatic rings. The first-order valence-electron chi connectivity index (χ1n) is 11.7. The van der Waals surface area contributed by atoms with Crippen molar-refractivity contribution >= 4 is 56.2 Å². The molecule has 4 nitrogen and oxygen atoms in total. The number of para-hydroxylation sites is 3. The van der Waals surface area contributed by atoms with Crippen LogP contribution < -0.4 is 5.46 Å². The number of fused-ring (bicyclic) bond motifs is 6. The molecule has 0 aliphatic heterocycles. The molecule has 0 saturated carbocycles. The first kappa shape index (κ1) is 20.1. The van der Waals surface area contributed by atoms with Gasteiger partial charge in [0, 0.05) is 32.9 Å². The number of hydrogen-bond donors (Lipinski definition) is 2. The van der Waals surface area contributed by atoms with Gasteiger partial charge in [0.05, 0.1) is 22.1 Å². The Morgan fingerprint density at radius 2 is 0.914 bits per heavy atom. The summed E-state index contributed by atoms with van der Waals surface area (Å²) in [5, 5.41) is 24.3. The largest absolute Gasteiger partial charge is 0.488 e. The average Bonchev–Trinajstić information content (AvgIpc) is 3.40. The van der Waals surface area contributed by atoms with E-state index in [-0.39, 0.29) is 0 Å². The number of hydrogen-bond acceptors (Lipinski definition) is 2. The van der Waals surface area contributed by atoms with Crippen LogP contribution in [0.25, 0.3) is 55.0 Å². The molecule has 2 aromatic heterocycles. The van der Waals surface area contributed by atoms with Crippen molar-refractivity contribution in [2.24, 2.45) is 0 Å². The van der Waals surface area contributed by atoms with Gasteiger partial charge < -0.3 is 19.2 Å². The third kappa shape index (κ3) is 2.96. The van der Waals surface area contributed by atoms with E-state index in [0.717, 1.165) is 38.7 Å². The molecular formula is C30H21BN2O2. The van der Waals surface area contributed by atoms with Crippen molar-refractivity contribution < 1.29 is 10.0 Å². The van der Waals surface area contributed by atoms with E-state index in [1.165, 1.54) is 16.3 Å². The van der Waals surface area contributed by atoms with Crippen molar-refractivity contribution in [3.8, 4) is 11.4 Å². The van der Waals surface area contributed by atoms with Crippen molar-refractivity contribution in [3.05, 3.63) is 115 Å². The normalized spacial score (nSPS) is 11.7. The van der Waals surface area contributed by atoms with Gasteiger partial charge in [0.2, 0.25) is 0 Å². The summed E-state index contributed by atoms with van der Waals surface area (Å²) in [5.74, 6) is 0. The van der Waals surface area contributed by atoms with Gasteiger partial charge in [-0.1, -0.05) is 66.7 Å². The fourth-order valence-corrected chi connectivity index (χ4v) is 5.37. The van der Waals surface area contributed by atoms with Crippen LogP contribution in [0.2, 0.25) is 0 Å². The lowest BCUT2D eigenvalue weighted by Gasteiger charge is -2.09. The minimum absolute atomic E-state index is 0.473. The third-order valence-corrected chi connectivity index (χ3v) is 6.91. The van der Waals surface area contributed by atoms with Crippen molar-refractivity contribution in [1.82, 2.24) is 9.13 Å². The fraction of sp³-hybridized carbons (Fsp3) is 0. The van der Waals surface area contributed by atoms with Gasteiger partial charge in [-0.15, -0.1) is 0 Å². The van der Waals surface area contributed by atoms with E-state index in [1.54, 1.807) is 6.07 Å². The van der Waals surface area contributed by atoms with E-state index in [9.17, 15) is 10.0 Å². The summed E-state index contributed by atoms with van der Waals surface area (Å²) >= 11 is 0. The number of nitrogens with zero attached hydrogens (tertiary/aromatic N) is 2. The number of benzene rings is 5. The molecule has 2 heterocycles. The highest BCUT2D eigenvalue weighted by Gasteiger charge is 2.20. The number of rotatable bonds is 3. The van der Waals surface area contributed by atoms with E-state index in [4.69, 9.17) is 0 Å². The molecule has 5 heteroatoms. The molecule has 0 fully saturated rings. The van der Waals surface area contributed by atoms with Crippen LogP contribution >= 0.6 is 0 Å². The van der Waals surface area contributed by atoms with Crippen LogP contribution in [0.3, 0.4) is 0 Å². The second-order valence-corrected chi connectivity index (χ2v) is 8.90. The minimum atomic E-state index is -1.52. The van der Waals surface area contributed by atoms with Gasteiger partial charge in [0.1, 0.15) is 0 Å². The van der Waals surface area contributed by atoms with Gasteiger partial charge in [-0.25, -0.2) is 0 Å². The van der Waals surface area contributed by atoms with E-state index < -0.39 is 7.12 Å². The lowest BCUT2D eigenvalue weighted by atomic mass is 9.80. The molecule has 0 radical (unpaired) electrons. The standard InChI is InChI=1S/C30H21BN2O2/c34-31(35)20-15-16-24-26-19-29-25(18-30(26)33(28(24)17-20)22-11-5-2-6-12-22)23-13-7-8-14-27(23)32(29)21-9-3-1-4-10-21/h1-19,34-35H. The molecule has 7 aromatic rings. The highest BCUT2D eigenvalue weighted by atomic mass is 16.4. The zero-order valence-electron chi connectivity index (χ0n) is 18.8. The van der Waals surface area contributed by atoms with Gasteiger partial charge >= 0.3 is 7.12 Å². The zero-order valence-corrected chi connectivity index (χ0v) is 18.8. The van der Waals surface area contributed by atoms with Crippen molar-refractivity contribution in [2.75, 3.05) is 0 Å². The summed E-state index contributed by atoms with van der Waals surface area (Å²) in [6.45, 7) is 0. The Morgan fingerprint density at radius 3 is 1.51 bits per heavy atom. The molecule has 7 rings (SSSR count). The highest BCUT2D eigenvalue weighted by Crippen LogP contribution is 2.39. The summed E-state index contributed by atoms with van der Waals surface area (Å²) in [6, 6.07) is 39.4. The summed E-state index contributed by atoms with van der Waals surface area (Å²) in [6.07, 6.45) is 0. The smallest absolute Gasteiger partial charge is 0.423 e. The van der Waals surface area contributed by atoms with Crippen molar-refractivity contribution in [1.29, 1.82) is 0 Å². The Kier molecular flexibility index (Phi) is 4.36. The molecule has 0 bridgehead atoms. The summed E-state index contributed by atoms with van der Waals surface area (Å²) in [5.41, 5.74) is 6.96. The Bertz CT molecular complexity index is 1870. The van der Waals surface area contributed by atoms with Crippen LogP contribution in [0, 0.1) is 0 Å². The summed E-state index contributed by atoms with van der Waals surface area (Å²) in [4.78, 5) is 0. The van der Waals surface area contributed by atoms with Gasteiger partial charge in [-0.05, 0) is 54.0 Å². The van der Waals surface area contributed by atoms with Crippen LogP contribution in [0.5, 0.6) is 0 Å². The lowest BCUT2D eigenvalue weighted by molar-refractivity contribution is 0.426. The Balaban J connectivity index is 1.68. The number of aromatic nitrogens is 2. The third-order valence-electron chi connectivity index (χ3n) is 6.91. The Morgan fingerprint density at radius 1 is 0.429 bits per heavy atom. The maximum absolute atomic E-state index is 9.86. The van der Waals surface area contributed by atoms with Crippen LogP contribution in [0.15, 0.2) is 115 Å². The molecule has 2 N–H and O–H groups in total. The highest BCUT2D eigenvalue weighted by molar-refractivity contribution is 6.59. The van der Waals surface area contributed by atoms with Crippen LogP contribution in [-0.2, 0) is 0 Å². The lowest BCUT2D eigenvalue weighted by Crippen LogP contribution is -2.29. The topological polar surface area (TPSA) is 50.3 Å². The van der Waals surface area contributed by atoms with Gasteiger partial charge in [0.25, 0.3) is 0 Å². The summed E-state index contributed by atoms with van der Waals surface area (Å²) in [7, 11) is -1.52. The van der Waals surface area contributed by atoms with Crippen molar-refractivity contribution in [2.45, 2.75) is 0 Å². The predicted octanol–water partition coefficient (Wildman–Crippen LogP) is 5.56. The summed E-state index contributed by atoms with van der Waals surface area (Å²) < 4.78 is 4.53. The molecule has 0 atom stereocenters. The molecule has 166 valence electrons. The fourth-order valence-electron chi connectivity index (χ4n) is 5.37. The molecule has 35 heavy (non-hydrogen) atoms. The minimum Gasteiger partial charge on any atom is -0.423 e. The monoisotopic (exact) mass is 452 g/mol. The van der Waals surface area contributed by atoms with E-state index >= 15 is 0 Å². The average molecular weight is 452 g/mol. The Labute approximate surface area is 202 Å². The van der Waals surface area contributed by atoms with E-state index in [2.05, 4.69) is 81.9 Å². The molecular weight excluding hydrogens is 431 g/mol. The van der Waals surface area contributed by atoms with Gasteiger partial charge in [0.15, 0.2) is 0 Å². The maximum Gasteiger partial charge on any atom is 0.488 e. The molecule has 5 aromatic carbocycles. The van der Waals surface area contributed by atoms with E-state index in [0.29, 0.717) is 5.46 Å². The second-order valence-electron chi connectivity index (χ2n) is 8.90. The van der Waals surface area contributed by atoms with Gasteiger partial charge in [-0.3, -0.25) is 0 Å². The van der Waals surface area contributed by atoms with Crippen molar-refractivity contribution in [3.63, 3.8) is 0 Å². The van der Waals surface area contributed by atoms with Crippen LogP contribution in [0.4, 0.5) is 0 Å². The molecule has 0 unspecified atom stereocenters. The molecule has 0 saturated heterocycles. The first-order chi connectivity index (χ1) is 17.2. The SMILES string of the molecule is OB(O)c1ccc2c3cc4c(cc3n(-c3ccccc3)c2c1)c1ccccc1n4-c1ccccc1. The van der Waals surface area contributed by atoms with Crippen LogP contribution in [-0.4, -0.2) is 26.3 Å². The predicted molar refractivity (Wildman–Crippen MR) is 145 cm³/mol. The van der Waals surface area contributed by atoms with E-state index in [1.807, 2.05) is 36.4 Å². The Hall–Kier alpha value is -4.32. The van der Waals surface area contributed by atoms with Crippen LogP contribution in [0.1, 0.15) is 0 Å². The van der Waals surface area contributed by atoms with Gasteiger partial charge in [-0.2, -0.15) is 0 Å².